The van der Waals surface area contributed by atoms with Crippen molar-refractivity contribution in [3.05, 3.63) is 61.9 Å². The van der Waals surface area contributed by atoms with Gasteiger partial charge in [-0.1, -0.05) is 19.9 Å². The predicted octanol–water partition coefficient (Wildman–Crippen LogP) is 4.04. The zero-order valence-corrected chi connectivity index (χ0v) is 24.0. The van der Waals surface area contributed by atoms with Gasteiger partial charge in [0.15, 0.2) is 0 Å². The van der Waals surface area contributed by atoms with Crippen molar-refractivity contribution in [2.75, 3.05) is 20.1 Å². The fraction of sp³-hybridized carbons (Fsp3) is 0.645. The highest BCUT2D eigenvalue weighted by molar-refractivity contribution is 5.93. The van der Waals surface area contributed by atoms with Gasteiger partial charge in [0.05, 0.1) is 0 Å². The highest BCUT2D eigenvalue weighted by Crippen LogP contribution is 2.62. The molecular weight excluding hydrogens is 492 g/mol. The Labute approximate surface area is 230 Å². The van der Waals surface area contributed by atoms with Crippen LogP contribution in [0.5, 0.6) is 5.75 Å². The number of nitrogens with zero attached hydrogens (tertiary/aromatic N) is 2. The van der Waals surface area contributed by atoms with Crippen LogP contribution in [0, 0.1) is 17.3 Å². The molecule has 3 aliphatic rings. The summed E-state index contributed by atoms with van der Waals surface area (Å²) in [6.45, 7) is 11.4. The average molecular weight is 537 g/mol. The van der Waals surface area contributed by atoms with E-state index in [9.17, 15) is 19.5 Å². The van der Waals surface area contributed by atoms with Crippen molar-refractivity contribution in [1.29, 1.82) is 0 Å². The van der Waals surface area contributed by atoms with E-state index in [0.717, 1.165) is 44.6 Å². The van der Waals surface area contributed by atoms with Gasteiger partial charge in [0.1, 0.15) is 11.3 Å². The fourth-order valence-corrected chi connectivity index (χ4v) is 7.86. The van der Waals surface area contributed by atoms with E-state index in [4.69, 9.17) is 0 Å². The molecule has 2 heterocycles. The van der Waals surface area contributed by atoms with Crippen LogP contribution >= 0.6 is 0 Å². The number of carbonyl (C=O) groups excluding carboxylic acids is 1. The molecule has 5 unspecified atom stereocenters. The van der Waals surface area contributed by atoms with Crippen LogP contribution in [0.15, 0.2) is 34.0 Å². The number of hydrogen-bond acceptors (Lipinski definition) is 5. The number of piperidine rings is 1. The molecule has 5 atom stereocenters. The van der Waals surface area contributed by atoms with E-state index in [1.807, 2.05) is 6.07 Å². The zero-order chi connectivity index (χ0) is 28.1. The van der Waals surface area contributed by atoms with Crippen LogP contribution in [0.3, 0.4) is 0 Å². The molecule has 212 valence electrons. The number of aromatic nitrogens is 2. The number of nitrogens with one attached hydrogen (secondary N) is 2. The number of aromatic hydroxyl groups is 1. The fourth-order valence-electron chi connectivity index (χ4n) is 7.86. The lowest BCUT2D eigenvalue weighted by Crippen LogP contribution is -2.65. The van der Waals surface area contributed by atoms with E-state index >= 15 is 0 Å². The Morgan fingerprint density at radius 2 is 1.97 bits per heavy atom. The number of carbonyl (C=O) groups is 1. The first-order valence-electron chi connectivity index (χ1n) is 14.7. The predicted molar refractivity (Wildman–Crippen MR) is 152 cm³/mol. The number of amides is 1. The van der Waals surface area contributed by atoms with Gasteiger partial charge in [0.2, 0.25) is 0 Å². The second kappa shape index (κ2) is 10.3. The lowest BCUT2D eigenvalue weighted by molar-refractivity contribution is -0.0880. The van der Waals surface area contributed by atoms with Gasteiger partial charge in [-0.05, 0) is 106 Å². The molecule has 3 N–H and O–H groups in total. The number of fused-ring (bicyclic) bond motifs is 1. The van der Waals surface area contributed by atoms with Crippen LogP contribution in [-0.2, 0) is 11.8 Å². The molecule has 0 radical (unpaired) electrons. The standard InChI is InChI=1S/C31H44N4O4/c1-6-22-9-10-24(36)15-26(22)31-13-14-35(18-21-7-8-21)20(3)30(31,4)12-11-23(16-31)19(2)34(5)28(38)25-17-32-29(39)33-27(25)37/h9-10,15,17,19-21,23,36H,6-8,11-14,16,18H2,1-5H3,(H2,32,33,37,39). The van der Waals surface area contributed by atoms with Gasteiger partial charge in [-0.2, -0.15) is 0 Å². The topological polar surface area (TPSA) is 110 Å². The van der Waals surface area contributed by atoms with Crippen LogP contribution < -0.4 is 11.2 Å². The molecule has 8 nitrogen and oxygen atoms in total. The minimum absolute atomic E-state index is 0.0206. The molecule has 8 heteroatoms. The Balaban J connectivity index is 1.50. The van der Waals surface area contributed by atoms with Crippen LogP contribution in [0.2, 0.25) is 0 Å². The maximum absolute atomic E-state index is 13.3. The molecule has 1 aliphatic heterocycles. The van der Waals surface area contributed by atoms with Gasteiger partial charge in [0.25, 0.3) is 11.5 Å². The van der Waals surface area contributed by atoms with Crippen LogP contribution in [-0.4, -0.2) is 63.0 Å². The van der Waals surface area contributed by atoms with E-state index < -0.39 is 11.2 Å². The molecule has 2 aromatic rings. The van der Waals surface area contributed by atoms with E-state index in [1.165, 1.54) is 36.7 Å². The van der Waals surface area contributed by atoms with E-state index in [-0.39, 0.29) is 34.3 Å². The molecule has 1 aromatic carbocycles. The maximum Gasteiger partial charge on any atom is 0.325 e. The minimum Gasteiger partial charge on any atom is -0.508 e. The number of rotatable bonds is 7. The highest BCUT2D eigenvalue weighted by atomic mass is 16.3. The van der Waals surface area contributed by atoms with E-state index in [1.54, 1.807) is 18.0 Å². The summed E-state index contributed by atoms with van der Waals surface area (Å²) in [5.41, 5.74) is 1.11. The summed E-state index contributed by atoms with van der Waals surface area (Å²) in [7, 11) is 1.75. The summed E-state index contributed by atoms with van der Waals surface area (Å²) in [6.07, 6.45) is 8.77. The first-order chi connectivity index (χ1) is 18.5. The van der Waals surface area contributed by atoms with Crippen LogP contribution in [0.25, 0.3) is 0 Å². The Morgan fingerprint density at radius 3 is 2.64 bits per heavy atom. The molecule has 39 heavy (non-hydrogen) atoms. The van der Waals surface area contributed by atoms with Crippen molar-refractivity contribution in [2.45, 2.75) is 90.1 Å². The van der Waals surface area contributed by atoms with Gasteiger partial charge in [-0.3, -0.25) is 19.5 Å². The van der Waals surface area contributed by atoms with Gasteiger partial charge in [0, 0.05) is 37.3 Å². The summed E-state index contributed by atoms with van der Waals surface area (Å²) in [5, 5.41) is 10.7. The van der Waals surface area contributed by atoms with Gasteiger partial charge in [-0.15, -0.1) is 0 Å². The van der Waals surface area contributed by atoms with Crippen molar-refractivity contribution in [1.82, 2.24) is 19.8 Å². The van der Waals surface area contributed by atoms with Crippen molar-refractivity contribution >= 4 is 5.91 Å². The smallest absolute Gasteiger partial charge is 0.325 e. The Morgan fingerprint density at radius 1 is 1.23 bits per heavy atom. The third-order valence-electron chi connectivity index (χ3n) is 10.9. The summed E-state index contributed by atoms with van der Waals surface area (Å²) in [5.74, 6) is 0.985. The quantitative estimate of drug-likeness (QED) is 0.495. The number of likely N-dealkylation sites (tertiary alicyclic amines) is 1. The van der Waals surface area contributed by atoms with Crippen molar-refractivity contribution < 1.29 is 9.90 Å². The van der Waals surface area contributed by atoms with Crippen molar-refractivity contribution in [3.8, 4) is 5.75 Å². The second-order valence-electron chi connectivity index (χ2n) is 12.7. The zero-order valence-electron chi connectivity index (χ0n) is 24.0. The molecule has 3 fully saturated rings. The molecule has 5 rings (SSSR count). The van der Waals surface area contributed by atoms with Gasteiger partial charge < -0.3 is 15.0 Å². The summed E-state index contributed by atoms with van der Waals surface area (Å²) < 4.78 is 0. The number of aryl methyl sites for hydroxylation is 1. The molecule has 0 spiro atoms. The van der Waals surface area contributed by atoms with Crippen LogP contribution in [0.1, 0.15) is 87.7 Å². The summed E-state index contributed by atoms with van der Waals surface area (Å²) in [6, 6.07) is 6.22. The number of benzene rings is 1. The summed E-state index contributed by atoms with van der Waals surface area (Å²) in [4.78, 5) is 46.1. The van der Waals surface area contributed by atoms with Crippen LogP contribution in [0.4, 0.5) is 0 Å². The number of aromatic amines is 2. The maximum atomic E-state index is 13.3. The third-order valence-corrected chi connectivity index (χ3v) is 10.9. The highest BCUT2D eigenvalue weighted by Gasteiger charge is 2.60. The molecule has 2 saturated carbocycles. The minimum atomic E-state index is -0.667. The molecule has 1 amide bonds. The largest absolute Gasteiger partial charge is 0.508 e. The lowest BCUT2D eigenvalue weighted by Gasteiger charge is -2.64. The van der Waals surface area contributed by atoms with Gasteiger partial charge in [-0.25, -0.2) is 4.79 Å². The summed E-state index contributed by atoms with van der Waals surface area (Å²) >= 11 is 0. The molecule has 1 aromatic heterocycles. The van der Waals surface area contributed by atoms with Crippen molar-refractivity contribution in [3.63, 3.8) is 0 Å². The third kappa shape index (κ3) is 4.75. The molecular formula is C31H44N4O4. The lowest BCUT2D eigenvalue weighted by atomic mass is 9.46. The van der Waals surface area contributed by atoms with E-state index in [0.29, 0.717) is 11.8 Å². The normalized spacial score (nSPS) is 30.0. The second-order valence-corrected chi connectivity index (χ2v) is 12.7. The average Bonchev–Trinajstić information content (AvgIpc) is 3.74. The monoisotopic (exact) mass is 536 g/mol. The molecule has 2 aliphatic carbocycles. The molecule has 0 bridgehead atoms. The Hall–Kier alpha value is -2.87. The molecule has 1 saturated heterocycles. The Kier molecular flexibility index (Phi) is 7.29. The number of hydrogen-bond donors (Lipinski definition) is 3. The number of phenols is 1. The van der Waals surface area contributed by atoms with E-state index in [2.05, 4.69) is 48.6 Å². The number of phenolic OH excluding ortho intramolecular Hbond substituents is 1. The number of H-pyrrole nitrogens is 2. The van der Waals surface area contributed by atoms with Crippen molar-refractivity contribution in [2.24, 2.45) is 17.3 Å². The first kappa shape index (κ1) is 27.7. The van der Waals surface area contributed by atoms with Gasteiger partial charge >= 0.3 is 5.69 Å². The first-order valence-corrected chi connectivity index (χ1v) is 14.7. The Bertz CT molecular complexity index is 1350. The SMILES string of the molecule is CCc1ccc(O)cc1C12CCN(CC3CC3)C(C)C1(C)CCC(C(C)N(C)C(=O)c1c[nH]c(=O)[nH]c1=O)C2.